The van der Waals surface area contributed by atoms with Crippen molar-refractivity contribution in [2.75, 3.05) is 5.32 Å². The first-order chi connectivity index (χ1) is 10.2. The molecule has 0 unspecified atom stereocenters. The summed E-state index contributed by atoms with van der Waals surface area (Å²) in [7, 11) is 0. The van der Waals surface area contributed by atoms with Crippen molar-refractivity contribution in [3.05, 3.63) is 59.9 Å². The first-order valence-electron chi connectivity index (χ1n) is 6.84. The van der Waals surface area contributed by atoms with Crippen molar-refractivity contribution in [1.82, 2.24) is 10.2 Å². The molecular formula is C17H14FN3. The van der Waals surface area contributed by atoms with Gasteiger partial charge in [-0.05, 0) is 42.1 Å². The number of H-pyrrole nitrogens is 2. The summed E-state index contributed by atoms with van der Waals surface area (Å²) in [6, 6.07) is 14.7. The number of aromatic amines is 2. The molecule has 1 heterocycles. The number of benzene rings is 2. The first kappa shape index (κ1) is 12.0. The second-order valence-electron chi connectivity index (χ2n) is 5.18. The van der Waals surface area contributed by atoms with Crippen LogP contribution >= 0.6 is 0 Å². The van der Waals surface area contributed by atoms with Gasteiger partial charge in [0.15, 0.2) is 0 Å². The van der Waals surface area contributed by atoms with E-state index in [0.717, 1.165) is 22.8 Å². The van der Waals surface area contributed by atoms with Crippen molar-refractivity contribution in [1.29, 1.82) is 0 Å². The van der Waals surface area contributed by atoms with Crippen LogP contribution in [0.3, 0.4) is 0 Å². The zero-order chi connectivity index (χ0) is 14.4. The lowest BCUT2D eigenvalue weighted by Crippen LogP contribution is -1.92. The van der Waals surface area contributed by atoms with Gasteiger partial charge in [-0.1, -0.05) is 24.3 Å². The maximum Gasteiger partial charge on any atom is 0.132 e. The fourth-order valence-electron chi connectivity index (χ4n) is 2.89. The van der Waals surface area contributed by atoms with Crippen LogP contribution in [-0.4, -0.2) is 10.2 Å². The fraction of sp³-hybridized carbons (Fsp3) is 0.0588. The minimum absolute atomic E-state index is 0.237. The highest BCUT2D eigenvalue weighted by atomic mass is 19.1. The maximum absolute atomic E-state index is 13.0. The molecule has 0 bridgehead atoms. The van der Waals surface area contributed by atoms with E-state index < -0.39 is 0 Å². The topological polar surface area (TPSA) is 43.6 Å². The highest BCUT2D eigenvalue weighted by Crippen LogP contribution is 2.41. The Morgan fingerprint density at radius 3 is 2.38 bits per heavy atom. The van der Waals surface area contributed by atoms with Crippen LogP contribution in [0.2, 0.25) is 0 Å². The molecule has 2 aliphatic rings. The molecule has 104 valence electrons. The maximum atomic E-state index is 13.0. The third-order valence-corrected chi connectivity index (χ3v) is 3.90. The SMILES string of the molecule is Cc1c2c(Nc3ccc(F)cc3)[nH][nH]c-2c2ccccc12. The molecule has 0 amide bonds. The molecule has 2 aromatic rings. The highest BCUT2D eigenvalue weighted by molar-refractivity contribution is 6.07. The molecule has 3 nitrogen and oxygen atoms in total. The number of fused-ring (bicyclic) bond motifs is 3. The number of rotatable bonds is 2. The van der Waals surface area contributed by atoms with E-state index in [9.17, 15) is 4.39 Å². The van der Waals surface area contributed by atoms with Crippen molar-refractivity contribution in [2.24, 2.45) is 0 Å². The van der Waals surface area contributed by atoms with Crippen LogP contribution in [-0.2, 0) is 0 Å². The Bertz CT molecular complexity index is 886. The van der Waals surface area contributed by atoms with Crippen LogP contribution < -0.4 is 5.32 Å². The molecule has 21 heavy (non-hydrogen) atoms. The molecule has 0 fully saturated rings. The summed E-state index contributed by atoms with van der Waals surface area (Å²) < 4.78 is 13.0. The summed E-state index contributed by atoms with van der Waals surface area (Å²) in [5.41, 5.74) is 4.30. The quantitative estimate of drug-likeness (QED) is 0.485. The van der Waals surface area contributed by atoms with Gasteiger partial charge in [-0.15, -0.1) is 0 Å². The van der Waals surface area contributed by atoms with E-state index in [2.05, 4.69) is 34.6 Å². The van der Waals surface area contributed by atoms with Crippen LogP contribution in [0.5, 0.6) is 0 Å². The molecule has 0 spiro atoms. The Kier molecular flexibility index (Phi) is 2.51. The molecule has 0 saturated heterocycles. The minimum atomic E-state index is -0.237. The minimum Gasteiger partial charge on any atom is -0.340 e. The van der Waals surface area contributed by atoms with Gasteiger partial charge in [0, 0.05) is 16.6 Å². The molecule has 1 aliphatic carbocycles. The Hall–Kier alpha value is -2.75. The lowest BCUT2D eigenvalue weighted by Gasteiger charge is -2.05. The number of hydrogen-bond acceptors (Lipinski definition) is 1. The van der Waals surface area contributed by atoms with E-state index >= 15 is 0 Å². The number of halogens is 1. The summed E-state index contributed by atoms with van der Waals surface area (Å²) in [6.07, 6.45) is 0. The molecule has 3 N–H and O–H groups in total. The predicted octanol–water partition coefficient (Wildman–Crippen LogP) is 4.79. The molecule has 0 radical (unpaired) electrons. The third-order valence-electron chi connectivity index (χ3n) is 3.90. The second-order valence-corrected chi connectivity index (χ2v) is 5.18. The molecule has 0 aromatic heterocycles. The van der Waals surface area contributed by atoms with Gasteiger partial charge < -0.3 is 5.32 Å². The zero-order valence-electron chi connectivity index (χ0n) is 11.5. The predicted molar refractivity (Wildman–Crippen MR) is 83.7 cm³/mol. The van der Waals surface area contributed by atoms with Crippen molar-refractivity contribution in [2.45, 2.75) is 6.92 Å². The van der Waals surface area contributed by atoms with Gasteiger partial charge in [0.25, 0.3) is 0 Å². The molecule has 0 saturated carbocycles. The normalized spacial score (nSPS) is 11.3. The smallest absolute Gasteiger partial charge is 0.132 e. The van der Waals surface area contributed by atoms with Crippen molar-refractivity contribution in [3.8, 4) is 11.3 Å². The van der Waals surface area contributed by atoms with Gasteiger partial charge >= 0.3 is 0 Å². The van der Waals surface area contributed by atoms with E-state index in [0.29, 0.717) is 0 Å². The number of hydrogen-bond donors (Lipinski definition) is 3. The van der Waals surface area contributed by atoms with Gasteiger partial charge in [-0.25, -0.2) is 4.39 Å². The Morgan fingerprint density at radius 1 is 0.905 bits per heavy atom. The van der Waals surface area contributed by atoms with E-state index in [4.69, 9.17) is 0 Å². The van der Waals surface area contributed by atoms with E-state index in [1.54, 1.807) is 12.1 Å². The molecular weight excluding hydrogens is 265 g/mol. The Morgan fingerprint density at radius 2 is 1.62 bits per heavy atom. The highest BCUT2D eigenvalue weighted by Gasteiger charge is 2.20. The van der Waals surface area contributed by atoms with E-state index in [-0.39, 0.29) is 5.82 Å². The van der Waals surface area contributed by atoms with Crippen LogP contribution in [0.15, 0.2) is 48.5 Å². The zero-order valence-corrected chi connectivity index (χ0v) is 11.5. The number of aromatic nitrogens is 2. The van der Waals surface area contributed by atoms with Crippen LogP contribution in [0.1, 0.15) is 5.56 Å². The lowest BCUT2D eigenvalue weighted by molar-refractivity contribution is 0.628. The molecule has 2 aromatic carbocycles. The Balaban J connectivity index is 1.83. The molecule has 4 heteroatoms. The Labute approximate surface area is 121 Å². The summed E-state index contributed by atoms with van der Waals surface area (Å²) in [5, 5.41) is 12.1. The summed E-state index contributed by atoms with van der Waals surface area (Å²) in [5.74, 6) is 0.657. The average molecular weight is 279 g/mol. The van der Waals surface area contributed by atoms with Crippen LogP contribution in [0.25, 0.3) is 22.0 Å². The van der Waals surface area contributed by atoms with Crippen molar-refractivity contribution in [3.63, 3.8) is 0 Å². The van der Waals surface area contributed by atoms with Gasteiger partial charge in [-0.3, -0.25) is 10.2 Å². The van der Waals surface area contributed by atoms with E-state index in [1.165, 1.54) is 28.5 Å². The molecule has 4 rings (SSSR count). The number of aryl methyl sites for hydroxylation is 1. The summed E-state index contributed by atoms with van der Waals surface area (Å²) in [4.78, 5) is 0. The van der Waals surface area contributed by atoms with Crippen LogP contribution in [0.4, 0.5) is 15.9 Å². The number of nitrogens with one attached hydrogen (secondary N) is 3. The third kappa shape index (κ3) is 1.80. The monoisotopic (exact) mass is 279 g/mol. The second kappa shape index (κ2) is 4.38. The summed E-state index contributed by atoms with van der Waals surface area (Å²) in [6.45, 7) is 2.11. The number of anilines is 2. The van der Waals surface area contributed by atoms with Gasteiger partial charge in [0.1, 0.15) is 11.6 Å². The molecule has 0 atom stereocenters. The van der Waals surface area contributed by atoms with Crippen LogP contribution in [0, 0.1) is 12.7 Å². The van der Waals surface area contributed by atoms with Gasteiger partial charge in [0.05, 0.1) is 5.69 Å². The first-order valence-corrected chi connectivity index (χ1v) is 6.84. The van der Waals surface area contributed by atoms with Crippen molar-refractivity contribution < 1.29 is 4.39 Å². The fourth-order valence-corrected chi connectivity index (χ4v) is 2.89. The van der Waals surface area contributed by atoms with Gasteiger partial charge in [0.2, 0.25) is 0 Å². The lowest BCUT2D eigenvalue weighted by atomic mass is 10.1. The van der Waals surface area contributed by atoms with Gasteiger partial charge in [-0.2, -0.15) is 0 Å². The molecule has 1 aliphatic heterocycles. The van der Waals surface area contributed by atoms with E-state index in [1.807, 2.05) is 12.1 Å². The standard InChI is InChI=1S/C17H14FN3/c1-10-13-4-2-3-5-14(13)16-15(10)17(21-20-16)19-12-8-6-11(18)7-9-12/h2-9,19-21H,1H3. The largest absolute Gasteiger partial charge is 0.340 e. The summed E-state index contributed by atoms with van der Waals surface area (Å²) >= 11 is 0. The van der Waals surface area contributed by atoms with Crippen molar-refractivity contribution >= 4 is 22.3 Å². The average Bonchev–Trinajstić information content (AvgIpc) is 3.03.